The molecule has 0 radical (unpaired) electrons. The number of hydrogen-bond acceptors (Lipinski definition) is 4. The summed E-state index contributed by atoms with van der Waals surface area (Å²) in [5, 5.41) is 0. The minimum absolute atomic E-state index is 0.0588. The Labute approximate surface area is 184 Å². The molecular weight excluding hydrogens is 388 g/mol. The van der Waals surface area contributed by atoms with Gasteiger partial charge in [-0.25, -0.2) is 4.79 Å². The molecule has 1 aromatic heterocycles. The molecule has 31 heavy (non-hydrogen) atoms. The molecule has 2 aromatic carbocycles. The van der Waals surface area contributed by atoms with E-state index < -0.39 is 0 Å². The van der Waals surface area contributed by atoms with E-state index in [4.69, 9.17) is 4.74 Å². The van der Waals surface area contributed by atoms with Gasteiger partial charge in [0.05, 0.1) is 12.2 Å². The Morgan fingerprint density at radius 3 is 2.23 bits per heavy atom. The predicted octanol–water partition coefficient (Wildman–Crippen LogP) is 5.28. The van der Waals surface area contributed by atoms with Gasteiger partial charge in [0.2, 0.25) is 0 Å². The third kappa shape index (κ3) is 4.88. The van der Waals surface area contributed by atoms with Crippen molar-refractivity contribution in [2.75, 3.05) is 25.6 Å². The number of nitrogens with one attached hydrogen (secondary N) is 1. The average Bonchev–Trinajstić information content (AvgIpc) is 3.06. The maximum atomic E-state index is 13.2. The summed E-state index contributed by atoms with van der Waals surface area (Å²) >= 11 is 0. The van der Waals surface area contributed by atoms with Crippen molar-refractivity contribution in [1.29, 1.82) is 0 Å². The first-order chi connectivity index (χ1) is 14.8. The zero-order chi connectivity index (χ0) is 22.5. The number of aromatic nitrogens is 1. The number of ether oxygens (including phenoxy) is 1. The summed E-state index contributed by atoms with van der Waals surface area (Å²) in [5.41, 5.74) is 5.78. The molecule has 5 nitrogen and oxygen atoms in total. The first-order valence-corrected chi connectivity index (χ1v) is 10.5. The second-order valence-corrected chi connectivity index (χ2v) is 7.92. The highest BCUT2D eigenvalue weighted by atomic mass is 16.5. The molecule has 0 aliphatic rings. The molecule has 0 saturated heterocycles. The van der Waals surface area contributed by atoms with Crippen LogP contribution in [0.5, 0.6) is 0 Å². The molecule has 0 fully saturated rings. The molecule has 1 N–H and O–H groups in total. The molecule has 1 atom stereocenters. The lowest BCUT2D eigenvalue weighted by Crippen LogP contribution is -2.12. The second-order valence-electron chi connectivity index (χ2n) is 7.92. The lowest BCUT2D eigenvalue weighted by molar-refractivity contribution is 0.0525. The van der Waals surface area contributed by atoms with Crippen molar-refractivity contribution in [3.8, 4) is 0 Å². The summed E-state index contributed by atoms with van der Waals surface area (Å²) in [6.45, 7) is 5.90. The molecule has 1 unspecified atom stereocenters. The largest absolute Gasteiger partial charge is 0.462 e. The van der Waals surface area contributed by atoms with Crippen LogP contribution in [-0.2, 0) is 4.74 Å². The van der Waals surface area contributed by atoms with Crippen molar-refractivity contribution in [3.05, 3.63) is 88.2 Å². The van der Waals surface area contributed by atoms with Crippen molar-refractivity contribution in [2.24, 2.45) is 0 Å². The Hall–Kier alpha value is -3.34. The van der Waals surface area contributed by atoms with Gasteiger partial charge in [-0.3, -0.25) is 4.79 Å². The number of anilines is 1. The molecule has 3 aromatic rings. The summed E-state index contributed by atoms with van der Waals surface area (Å²) in [6, 6.07) is 17.6. The molecular formula is C26H30N2O3. The van der Waals surface area contributed by atoms with Crippen molar-refractivity contribution in [1.82, 2.24) is 4.98 Å². The zero-order valence-corrected chi connectivity index (χ0v) is 18.9. The van der Waals surface area contributed by atoms with Gasteiger partial charge in [0, 0.05) is 49.1 Å². The summed E-state index contributed by atoms with van der Waals surface area (Å²) < 4.78 is 5.24. The number of hydrogen-bond donors (Lipinski definition) is 1. The van der Waals surface area contributed by atoms with Crippen LogP contribution in [0, 0.1) is 13.8 Å². The smallest absolute Gasteiger partial charge is 0.340 e. The average molecular weight is 419 g/mol. The summed E-state index contributed by atoms with van der Waals surface area (Å²) in [5.74, 6) is -0.468. The van der Waals surface area contributed by atoms with Crippen LogP contribution < -0.4 is 4.90 Å². The van der Waals surface area contributed by atoms with Crippen molar-refractivity contribution in [3.63, 3.8) is 0 Å². The third-order valence-electron chi connectivity index (χ3n) is 5.60. The van der Waals surface area contributed by atoms with E-state index in [0.29, 0.717) is 24.2 Å². The SMILES string of the molecule is CCOC(=O)c1c(C)[nH]c(C(CC(=O)c2ccc(N(C)C)cc2)c2ccccc2)c1C. The van der Waals surface area contributed by atoms with Crippen LogP contribution in [0.1, 0.15) is 62.5 Å². The molecule has 0 aliphatic carbocycles. The lowest BCUT2D eigenvalue weighted by Gasteiger charge is -2.18. The highest BCUT2D eigenvalue weighted by Gasteiger charge is 2.27. The quantitative estimate of drug-likeness (QED) is 0.399. The summed E-state index contributed by atoms with van der Waals surface area (Å²) in [6.07, 6.45) is 0.300. The van der Waals surface area contributed by atoms with Crippen LogP contribution in [0.3, 0.4) is 0 Å². The van der Waals surface area contributed by atoms with Crippen LogP contribution >= 0.6 is 0 Å². The normalized spacial score (nSPS) is 11.8. The van der Waals surface area contributed by atoms with Crippen LogP contribution in [0.15, 0.2) is 54.6 Å². The second kappa shape index (κ2) is 9.65. The van der Waals surface area contributed by atoms with E-state index in [1.165, 1.54) is 0 Å². The van der Waals surface area contributed by atoms with Gasteiger partial charge in [0.1, 0.15) is 0 Å². The minimum Gasteiger partial charge on any atom is -0.462 e. The number of Topliss-reactive ketones (excluding diaryl/α,β-unsaturated/α-hetero) is 1. The van der Waals surface area contributed by atoms with Crippen LogP contribution in [0.25, 0.3) is 0 Å². The number of nitrogens with zero attached hydrogens (tertiary/aromatic N) is 1. The maximum Gasteiger partial charge on any atom is 0.340 e. The van der Waals surface area contributed by atoms with Gasteiger partial charge in [0.15, 0.2) is 5.78 Å². The van der Waals surface area contributed by atoms with E-state index in [-0.39, 0.29) is 17.7 Å². The van der Waals surface area contributed by atoms with E-state index in [2.05, 4.69) is 4.98 Å². The molecule has 1 heterocycles. The number of aromatic amines is 1. The maximum absolute atomic E-state index is 13.2. The van der Waals surface area contributed by atoms with Gasteiger partial charge in [-0.1, -0.05) is 30.3 Å². The summed E-state index contributed by atoms with van der Waals surface area (Å²) in [4.78, 5) is 31.1. The van der Waals surface area contributed by atoms with Crippen LogP contribution in [0.4, 0.5) is 5.69 Å². The highest BCUT2D eigenvalue weighted by Crippen LogP contribution is 2.34. The van der Waals surface area contributed by atoms with Crippen LogP contribution in [0.2, 0.25) is 0 Å². The van der Waals surface area contributed by atoms with E-state index in [9.17, 15) is 9.59 Å². The number of carbonyl (C=O) groups is 2. The molecule has 0 saturated carbocycles. The van der Waals surface area contributed by atoms with Gasteiger partial charge < -0.3 is 14.6 Å². The zero-order valence-electron chi connectivity index (χ0n) is 18.9. The Balaban J connectivity index is 1.98. The van der Waals surface area contributed by atoms with Gasteiger partial charge >= 0.3 is 5.97 Å². The van der Waals surface area contributed by atoms with E-state index in [0.717, 1.165) is 28.2 Å². The number of H-pyrrole nitrogens is 1. The van der Waals surface area contributed by atoms with Crippen LogP contribution in [-0.4, -0.2) is 37.4 Å². The Morgan fingerprint density at radius 2 is 1.65 bits per heavy atom. The molecule has 0 bridgehead atoms. The first-order valence-electron chi connectivity index (χ1n) is 10.5. The fourth-order valence-electron chi connectivity index (χ4n) is 3.95. The molecule has 0 amide bonds. The Morgan fingerprint density at radius 1 is 1.00 bits per heavy atom. The fourth-order valence-corrected chi connectivity index (χ4v) is 3.95. The first kappa shape index (κ1) is 22.3. The highest BCUT2D eigenvalue weighted by molar-refractivity contribution is 5.97. The predicted molar refractivity (Wildman–Crippen MR) is 124 cm³/mol. The number of carbonyl (C=O) groups excluding carboxylic acids is 2. The van der Waals surface area contributed by atoms with Gasteiger partial charge in [-0.05, 0) is 56.2 Å². The van der Waals surface area contributed by atoms with Crippen molar-refractivity contribution >= 4 is 17.4 Å². The van der Waals surface area contributed by atoms with E-state index in [1.54, 1.807) is 6.92 Å². The van der Waals surface area contributed by atoms with Crippen molar-refractivity contribution < 1.29 is 14.3 Å². The number of rotatable bonds is 8. The molecule has 162 valence electrons. The van der Waals surface area contributed by atoms with E-state index in [1.807, 2.05) is 87.4 Å². The fraction of sp³-hybridized carbons (Fsp3) is 0.308. The summed E-state index contributed by atoms with van der Waals surface area (Å²) in [7, 11) is 3.94. The third-order valence-corrected chi connectivity index (χ3v) is 5.60. The molecule has 5 heteroatoms. The van der Waals surface area contributed by atoms with E-state index >= 15 is 0 Å². The van der Waals surface area contributed by atoms with Crippen molar-refractivity contribution in [2.45, 2.75) is 33.1 Å². The Kier molecular flexibility index (Phi) is 6.95. The number of aryl methyl sites for hydroxylation is 1. The molecule has 0 spiro atoms. The van der Waals surface area contributed by atoms with Gasteiger partial charge in [0.25, 0.3) is 0 Å². The minimum atomic E-state index is -0.336. The molecule has 3 rings (SSSR count). The van der Waals surface area contributed by atoms with Gasteiger partial charge in [-0.15, -0.1) is 0 Å². The lowest BCUT2D eigenvalue weighted by atomic mass is 9.87. The molecule has 0 aliphatic heterocycles. The number of esters is 1. The Bertz CT molecular complexity index is 1050. The number of ketones is 1. The monoisotopic (exact) mass is 418 g/mol. The number of benzene rings is 2. The standard InChI is InChI=1S/C26H30N2O3/c1-6-31-26(30)24-17(2)25(27-18(24)3)22(19-10-8-7-9-11-19)16-23(29)20-12-14-21(15-13-20)28(4)5/h7-15,22,27H,6,16H2,1-5H3. The van der Waals surface area contributed by atoms with Gasteiger partial charge in [-0.2, -0.15) is 0 Å². The topological polar surface area (TPSA) is 62.4 Å².